The number of amides is 2. The molecule has 10 nitrogen and oxygen atoms in total. The lowest BCUT2D eigenvalue weighted by Gasteiger charge is -2.37. The van der Waals surface area contributed by atoms with Crippen LogP contribution in [0, 0.1) is 0 Å². The van der Waals surface area contributed by atoms with Gasteiger partial charge in [0.15, 0.2) is 6.10 Å². The van der Waals surface area contributed by atoms with E-state index in [9.17, 15) is 15.0 Å². The van der Waals surface area contributed by atoms with Gasteiger partial charge >= 0.3 is 6.03 Å². The molecule has 0 aliphatic carbocycles. The molecule has 0 aromatic carbocycles. The number of rotatable bonds is 3. The number of aliphatic hydroxyl groups is 3. The number of hydrogen-bond donors (Lipinski definition) is 5. The van der Waals surface area contributed by atoms with Crippen molar-refractivity contribution in [2.24, 2.45) is 10.7 Å². The minimum Gasteiger partial charge on any atom is -0.394 e. The zero-order chi connectivity index (χ0) is 14.2. The standard InChI is InChI=1S/C9H15N3O7/c10-7-6(15)8(19-17)12(9(16)11-7)5-1-3(14)4(2-13)18-5/h3-6,8,13-15,17H,1-2H2,(H2,10,11,16)/t3-,4+,5+,6?,8?/m0/s1. The molecule has 1 fully saturated rings. The van der Waals surface area contributed by atoms with Gasteiger partial charge in [0.2, 0.25) is 6.23 Å². The minimum atomic E-state index is -1.52. The molecule has 2 aliphatic rings. The molecule has 2 rings (SSSR count). The minimum absolute atomic E-state index is 0.0149. The van der Waals surface area contributed by atoms with Crippen molar-refractivity contribution in [1.82, 2.24) is 4.90 Å². The number of ether oxygens (including phenoxy) is 1. The van der Waals surface area contributed by atoms with Crippen molar-refractivity contribution in [2.45, 2.75) is 37.2 Å². The summed E-state index contributed by atoms with van der Waals surface area (Å²) in [6.45, 7) is -0.432. The second-order valence-corrected chi connectivity index (χ2v) is 4.28. The number of carbonyl (C=O) groups is 1. The van der Waals surface area contributed by atoms with Crippen LogP contribution >= 0.6 is 0 Å². The van der Waals surface area contributed by atoms with Crippen LogP contribution in [0.3, 0.4) is 0 Å². The Labute approximate surface area is 107 Å². The first-order chi connectivity index (χ1) is 8.99. The molecule has 1 saturated heterocycles. The molecule has 2 amide bonds. The van der Waals surface area contributed by atoms with Crippen molar-refractivity contribution in [2.75, 3.05) is 6.61 Å². The quantitative estimate of drug-likeness (QED) is 0.278. The maximum Gasteiger partial charge on any atom is 0.349 e. The van der Waals surface area contributed by atoms with Crippen LogP contribution in [0.25, 0.3) is 0 Å². The van der Waals surface area contributed by atoms with Crippen molar-refractivity contribution >= 4 is 11.9 Å². The molecular weight excluding hydrogens is 262 g/mol. The van der Waals surface area contributed by atoms with E-state index in [2.05, 4.69) is 9.88 Å². The fraction of sp³-hybridized carbons (Fsp3) is 0.778. The Balaban J connectivity index is 2.21. The Kier molecular flexibility index (Phi) is 3.99. The summed E-state index contributed by atoms with van der Waals surface area (Å²) in [7, 11) is 0. The van der Waals surface area contributed by atoms with Gasteiger partial charge < -0.3 is 25.8 Å². The predicted octanol–water partition coefficient (Wildman–Crippen LogP) is -2.58. The second-order valence-electron chi connectivity index (χ2n) is 4.28. The molecule has 0 bridgehead atoms. The Morgan fingerprint density at radius 1 is 1.53 bits per heavy atom. The average molecular weight is 277 g/mol. The summed E-state index contributed by atoms with van der Waals surface area (Å²) in [5.41, 5.74) is 5.31. The van der Waals surface area contributed by atoms with Gasteiger partial charge in [-0.1, -0.05) is 0 Å². The Morgan fingerprint density at radius 2 is 2.21 bits per heavy atom. The maximum absolute atomic E-state index is 11.7. The zero-order valence-corrected chi connectivity index (χ0v) is 9.79. The van der Waals surface area contributed by atoms with Gasteiger partial charge in [-0.2, -0.15) is 4.99 Å². The summed E-state index contributed by atoms with van der Waals surface area (Å²) in [6.07, 6.45) is -5.86. The van der Waals surface area contributed by atoms with Crippen LogP contribution in [-0.4, -0.2) is 74.7 Å². The highest BCUT2D eigenvalue weighted by molar-refractivity contribution is 5.98. The van der Waals surface area contributed by atoms with Crippen molar-refractivity contribution in [1.29, 1.82) is 0 Å². The van der Waals surface area contributed by atoms with E-state index in [0.29, 0.717) is 0 Å². The lowest BCUT2D eigenvalue weighted by Crippen LogP contribution is -2.59. The van der Waals surface area contributed by atoms with E-state index < -0.39 is 49.2 Å². The molecule has 2 unspecified atom stereocenters. The number of amidine groups is 1. The molecule has 5 atom stereocenters. The van der Waals surface area contributed by atoms with Gasteiger partial charge in [-0.3, -0.25) is 4.90 Å². The topological polar surface area (TPSA) is 158 Å². The highest BCUT2D eigenvalue weighted by Gasteiger charge is 2.47. The van der Waals surface area contributed by atoms with Crippen LogP contribution in [0.4, 0.5) is 4.79 Å². The van der Waals surface area contributed by atoms with E-state index >= 15 is 0 Å². The highest BCUT2D eigenvalue weighted by Crippen LogP contribution is 2.28. The third-order valence-electron chi connectivity index (χ3n) is 3.10. The van der Waals surface area contributed by atoms with Crippen molar-refractivity contribution in [3.05, 3.63) is 0 Å². The van der Waals surface area contributed by atoms with Crippen LogP contribution in [0.1, 0.15) is 6.42 Å². The summed E-state index contributed by atoms with van der Waals surface area (Å²) in [5.74, 6) is -0.391. The smallest absolute Gasteiger partial charge is 0.349 e. The normalized spacial score (nSPS) is 39.6. The van der Waals surface area contributed by atoms with Crippen LogP contribution in [0.2, 0.25) is 0 Å². The van der Waals surface area contributed by atoms with Crippen LogP contribution < -0.4 is 5.73 Å². The van der Waals surface area contributed by atoms with Gasteiger partial charge in [0.05, 0.1) is 12.7 Å². The number of carbonyl (C=O) groups excluding carboxylic acids is 1. The molecule has 19 heavy (non-hydrogen) atoms. The van der Waals surface area contributed by atoms with Crippen molar-refractivity contribution in [3.63, 3.8) is 0 Å². The van der Waals surface area contributed by atoms with Crippen LogP contribution in [-0.2, 0) is 9.62 Å². The number of nitrogens with zero attached hydrogens (tertiary/aromatic N) is 2. The summed E-state index contributed by atoms with van der Waals surface area (Å²) >= 11 is 0. The summed E-state index contributed by atoms with van der Waals surface area (Å²) in [4.78, 5) is 20.0. The number of hydrogen-bond acceptors (Lipinski definition) is 8. The lowest BCUT2D eigenvalue weighted by molar-refractivity contribution is -0.331. The van der Waals surface area contributed by atoms with E-state index in [1.54, 1.807) is 0 Å². The first-order valence-corrected chi connectivity index (χ1v) is 5.58. The maximum atomic E-state index is 11.7. The molecule has 0 radical (unpaired) electrons. The fourth-order valence-electron chi connectivity index (χ4n) is 2.09. The van der Waals surface area contributed by atoms with Gasteiger partial charge in [0.1, 0.15) is 18.2 Å². The van der Waals surface area contributed by atoms with E-state index in [1.165, 1.54) is 0 Å². The summed E-state index contributed by atoms with van der Waals surface area (Å²) < 4.78 is 5.24. The molecule has 0 saturated carbocycles. The Hall–Kier alpha value is -1.30. The Bertz CT molecular complexity index is 390. The molecule has 0 spiro atoms. The van der Waals surface area contributed by atoms with E-state index in [1.807, 2.05) is 0 Å². The molecule has 0 aromatic rings. The number of aliphatic imine (C=N–C) groups is 1. The number of aliphatic hydroxyl groups excluding tert-OH is 3. The largest absolute Gasteiger partial charge is 0.394 e. The van der Waals surface area contributed by atoms with Crippen molar-refractivity contribution < 1.29 is 35.0 Å². The van der Waals surface area contributed by atoms with Gasteiger partial charge in [-0.25, -0.2) is 14.9 Å². The molecule has 0 aromatic heterocycles. The third kappa shape index (κ3) is 2.41. The van der Waals surface area contributed by atoms with Gasteiger partial charge in [0.25, 0.3) is 0 Å². The summed E-state index contributed by atoms with van der Waals surface area (Å²) in [5, 5.41) is 37.0. The lowest BCUT2D eigenvalue weighted by atomic mass is 10.1. The zero-order valence-electron chi connectivity index (χ0n) is 9.79. The first kappa shape index (κ1) is 14.1. The van der Waals surface area contributed by atoms with Crippen LogP contribution in [0.5, 0.6) is 0 Å². The highest BCUT2D eigenvalue weighted by atomic mass is 17.1. The monoisotopic (exact) mass is 277 g/mol. The SMILES string of the molecule is NC1=NC(=O)N([C@H]2C[C@H](O)[C@@H](CO)O2)C(OO)C1O. The first-order valence-electron chi connectivity index (χ1n) is 5.58. The molecule has 10 heteroatoms. The molecule has 2 aliphatic heterocycles. The predicted molar refractivity (Wildman–Crippen MR) is 58.7 cm³/mol. The van der Waals surface area contributed by atoms with E-state index in [-0.39, 0.29) is 6.42 Å². The second kappa shape index (κ2) is 5.36. The van der Waals surface area contributed by atoms with Gasteiger partial charge in [-0.15, -0.1) is 0 Å². The van der Waals surface area contributed by atoms with Gasteiger partial charge in [-0.05, 0) is 0 Å². The van der Waals surface area contributed by atoms with Crippen molar-refractivity contribution in [3.8, 4) is 0 Å². The third-order valence-corrected chi connectivity index (χ3v) is 3.10. The average Bonchev–Trinajstić information content (AvgIpc) is 2.74. The molecule has 2 heterocycles. The van der Waals surface area contributed by atoms with Crippen LogP contribution in [0.15, 0.2) is 4.99 Å². The number of nitrogens with two attached hydrogens (primary N) is 1. The Morgan fingerprint density at radius 3 is 2.74 bits per heavy atom. The molecule has 108 valence electrons. The fourth-order valence-corrected chi connectivity index (χ4v) is 2.09. The van der Waals surface area contributed by atoms with E-state index in [0.717, 1.165) is 4.90 Å². The number of urea groups is 1. The molecular formula is C9H15N3O7. The summed E-state index contributed by atoms with van der Waals surface area (Å²) in [6, 6.07) is -0.877. The van der Waals surface area contributed by atoms with Gasteiger partial charge in [0, 0.05) is 6.42 Å². The molecule has 6 N–H and O–H groups in total. The van der Waals surface area contributed by atoms with E-state index in [4.69, 9.17) is 20.8 Å².